The maximum atomic E-state index is 13.5. The first kappa shape index (κ1) is 20.1. The summed E-state index contributed by atoms with van der Waals surface area (Å²) in [4.78, 5) is 3.23. The van der Waals surface area contributed by atoms with Crippen molar-refractivity contribution in [2.45, 2.75) is 12.4 Å². The largest absolute Gasteiger partial charge is 0.426 e. The van der Waals surface area contributed by atoms with Gasteiger partial charge >= 0.3 is 12.4 Å². The Labute approximate surface area is 169 Å². The second-order valence-corrected chi connectivity index (χ2v) is 7.27. The van der Waals surface area contributed by atoms with Gasteiger partial charge in [0.2, 0.25) is 5.82 Å². The normalized spacial score (nSPS) is 12.3. The SMILES string of the molecule is FC(F)(F)c1cccc(-c2noc(-c3cc(-c4ccccc4)c(C(F)(F)F)s3)n2)c1. The van der Waals surface area contributed by atoms with Gasteiger partial charge in [0.15, 0.2) is 0 Å². The summed E-state index contributed by atoms with van der Waals surface area (Å²) in [6.07, 6.45) is -9.15. The summed E-state index contributed by atoms with van der Waals surface area (Å²) < 4.78 is 84.3. The van der Waals surface area contributed by atoms with E-state index in [1.165, 1.54) is 18.2 Å². The molecule has 4 aromatic rings. The van der Waals surface area contributed by atoms with Gasteiger partial charge in [0.25, 0.3) is 5.89 Å². The smallest absolute Gasteiger partial charge is 0.333 e. The highest BCUT2D eigenvalue weighted by atomic mass is 32.1. The standard InChI is InChI=1S/C20H10F6N2OS/c21-19(22,23)13-8-4-7-12(9-13)17-27-18(29-28-17)15-10-14(11-5-2-1-3-6-11)16(30-15)20(24,25)26/h1-10H. The molecule has 0 bridgehead atoms. The van der Waals surface area contributed by atoms with Crippen LogP contribution in [0.4, 0.5) is 26.3 Å². The minimum absolute atomic E-state index is 0.0377. The first-order valence-corrected chi connectivity index (χ1v) is 9.23. The number of thiophene rings is 1. The van der Waals surface area contributed by atoms with E-state index in [4.69, 9.17) is 4.52 Å². The molecule has 4 rings (SSSR count). The summed E-state index contributed by atoms with van der Waals surface area (Å²) >= 11 is 0.429. The Morgan fingerprint density at radius 1 is 0.767 bits per heavy atom. The number of alkyl halides is 6. The molecule has 2 aromatic heterocycles. The van der Waals surface area contributed by atoms with Crippen molar-refractivity contribution in [3.63, 3.8) is 0 Å². The summed E-state index contributed by atoms with van der Waals surface area (Å²) in [7, 11) is 0. The molecule has 3 nitrogen and oxygen atoms in total. The van der Waals surface area contributed by atoms with Crippen LogP contribution in [-0.2, 0) is 12.4 Å². The molecule has 2 aromatic carbocycles. The van der Waals surface area contributed by atoms with Gasteiger partial charge in [0.1, 0.15) is 4.88 Å². The maximum absolute atomic E-state index is 13.5. The van der Waals surface area contributed by atoms with Gasteiger partial charge in [-0.25, -0.2) is 0 Å². The van der Waals surface area contributed by atoms with E-state index in [-0.39, 0.29) is 27.7 Å². The quantitative estimate of drug-likeness (QED) is 0.317. The van der Waals surface area contributed by atoms with Crippen LogP contribution in [0.3, 0.4) is 0 Å². The van der Waals surface area contributed by atoms with Gasteiger partial charge < -0.3 is 4.52 Å². The second-order valence-electron chi connectivity index (χ2n) is 6.22. The lowest BCUT2D eigenvalue weighted by atomic mass is 10.1. The van der Waals surface area contributed by atoms with Crippen molar-refractivity contribution in [3.05, 3.63) is 71.1 Å². The zero-order valence-electron chi connectivity index (χ0n) is 14.8. The molecule has 10 heteroatoms. The summed E-state index contributed by atoms with van der Waals surface area (Å²) in [5.41, 5.74) is -0.532. The molecular weight excluding hydrogens is 430 g/mol. The molecule has 0 spiro atoms. The van der Waals surface area contributed by atoms with Gasteiger partial charge in [0.05, 0.1) is 10.4 Å². The number of hydrogen-bond acceptors (Lipinski definition) is 4. The number of nitrogens with zero attached hydrogens (tertiary/aromatic N) is 2. The van der Waals surface area contributed by atoms with E-state index < -0.39 is 22.8 Å². The van der Waals surface area contributed by atoms with Crippen LogP contribution in [0.25, 0.3) is 33.3 Å². The van der Waals surface area contributed by atoms with Crippen molar-refractivity contribution >= 4 is 11.3 Å². The molecule has 0 fully saturated rings. The Hall–Kier alpha value is -3.14. The highest BCUT2D eigenvalue weighted by Gasteiger charge is 2.37. The van der Waals surface area contributed by atoms with Crippen molar-refractivity contribution in [2.75, 3.05) is 0 Å². The lowest BCUT2D eigenvalue weighted by Gasteiger charge is -2.07. The predicted octanol–water partition coefficient (Wildman–Crippen LogP) is 7.17. The molecular formula is C20H10F6N2OS. The topological polar surface area (TPSA) is 38.9 Å². The van der Waals surface area contributed by atoms with Crippen molar-refractivity contribution < 1.29 is 30.9 Å². The average Bonchev–Trinajstić information content (AvgIpc) is 3.35. The Morgan fingerprint density at radius 2 is 1.47 bits per heavy atom. The van der Waals surface area contributed by atoms with E-state index in [9.17, 15) is 26.3 Å². The Morgan fingerprint density at radius 3 is 2.13 bits per heavy atom. The first-order valence-electron chi connectivity index (χ1n) is 8.41. The number of benzene rings is 2. The molecule has 0 aliphatic rings. The van der Waals surface area contributed by atoms with Crippen LogP contribution in [-0.4, -0.2) is 10.1 Å². The number of hydrogen-bond donors (Lipinski definition) is 0. The fraction of sp³-hybridized carbons (Fsp3) is 0.100. The van der Waals surface area contributed by atoms with Crippen LogP contribution in [0, 0.1) is 0 Å². The van der Waals surface area contributed by atoms with Crippen LogP contribution in [0.15, 0.2) is 65.2 Å². The fourth-order valence-corrected chi connectivity index (χ4v) is 3.78. The fourth-order valence-electron chi connectivity index (χ4n) is 2.81. The number of rotatable bonds is 3. The van der Waals surface area contributed by atoms with Gasteiger partial charge in [-0.15, -0.1) is 11.3 Å². The molecule has 0 saturated carbocycles. The first-order chi connectivity index (χ1) is 14.1. The molecule has 0 radical (unpaired) electrons. The van der Waals surface area contributed by atoms with Crippen molar-refractivity contribution in [3.8, 4) is 33.3 Å². The highest BCUT2D eigenvalue weighted by molar-refractivity contribution is 7.16. The minimum Gasteiger partial charge on any atom is -0.333 e. The van der Waals surface area contributed by atoms with E-state index in [1.807, 2.05) is 0 Å². The Balaban J connectivity index is 1.75. The maximum Gasteiger partial charge on any atom is 0.426 e. The molecule has 0 saturated heterocycles. The zero-order chi connectivity index (χ0) is 21.5. The number of halogens is 6. The zero-order valence-corrected chi connectivity index (χ0v) is 15.6. The van der Waals surface area contributed by atoms with E-state index in [0.717, 1.165) is 12.1 Å². The number of aromatic nitrogens is 2. The molecule has 0 aliphatic carbocycles. The Kier molecular flexibility index (Phi) is 4.89. The van der Waals surface area contributed by atoms with Gasteiger partial charge in [-0.3, -0.25) is 0 Å². The van der Waals surface area contributed by atoms with Crippen molar-refractivity contribution in [1.82, 2.24) is 10.1 Å². The van der Waals surface area contributed by atoms with Crippen LogP contribution in [0.1, 0.15) is 10.4 Å². The van der Waals surface area contributed by atoms with Crippen LogP contribution in [0.5, 0.6) is 0 Å². The van der Waals surface area contributed by atoms with Crippen LogP contribution < -0.4 is 0 Å². The second kappa shape index (κ2) is 7.28. The molecule has 0 aliphatic heterocycles. The monoisotopic (exact) mass is 440 g/mol. The van der Waals surface area contributed by atoms with E-state index in [1.54, 1.807) is 30.3 Å². The summed E-state index contributed by atoms with van der Waals surface area (Å²) in [5, 5.41) is 3.63. The highest BCUT2D eigenvalue weighted by Crippen LogP contribution is 2.45. The molecule has 0 unspecified atom stereocenters. The van der Waals surface area contributed by atoms with E-state index in [0.29, 0.717) is 16.9 Å². The molecule has 154 valence electrons. The lowest BCUT2D eigenvalue weighted by Crippen LogP contribution is -2.04. The summed E-state index contributed by atoms with van der Waals surface area (Å²) in [6, 6.07) is 13.6. The van der Waals surface area contributed by atoms with Crippen LogP contribution >= 0.6 is 11.3 Å². The Bertz CT molecular complexity index is 1180. The lowest BCUT2D eigenvalue weighted by molar-refractivity contribution is -0.137. The van der Waals surface area contributed by atoms with Gasteiger partial charge in [-0.05, 0) is 23.8 Å². The van der Waals surface area contributed by atoms with Crippen molar-refractivity contribution in [2.24, 2.45) is 0 Å². The molecule has 0 N–H and O–H groups in total. The molecule has 2 heterocycles. The van der Waals surface area contributed by atoms with Gasteiger partial charge in [-0.2, -0.15) is 31.3 Å². The average molecular weight is 440 g/mol. The third-order valence-corrected chi connectivity index (χ3v) is 5.33. The van der Waals surface area contributed by atoms with E-state index in [2.05, 4.69) is 10.1 Å². The third kappa shape index (κ3) is 3.95. The van der Waals surface area contributed by atoms with Crippen molar-refractivity contribution in [1.29, 1.82) is 0 Å². The van der Waals surface area contributed by atoms with Gasteiger partial charge in [0, 0.05) is 11.1 Å². The van der Waals surface area contributed by atoms with E-state index >= 15 is 0 Å². The third-order valence-electron chi connectivity index (χ3n) is 4.16. The molecule has 0 atom stereocenters. The predicted molar refractivity (Wildman–Crippen MR) is 98.5 cm³/mol. The molecule has 30 heavy (non-hydrogen) atoms. The summed E-state index contributed by atoms with van der Waals surface area (Å²) in [6.45, 7) is 0. The van der Waals surface area contributed by atoms with Gasteiger partial charge in [-0.1, -0.05) is 47.6 Å². The molecule has 0 amide bonds. The summed E-state index contributed by atoms with van der Waals surface area (Å²) in [5.74, 6) is -0.362. The minimum atomic E-state index is -4.60. The van der Waals surface area contributed by atoms with Crippen LogP contribution in [0.2, 0.25) is 0 Å².